The molecule has 0 unspecified atom stereocenters. The van der Waals surface area contributed by atoms with Crippen molar-refractivity contribution in [2.24, 2.45) is 0 Å². The molecule has 5 heteroatoms. The maximum Gasteiger partial charge on any atom is 0.213 e. The van der Waals surface area contributed by atoms with Gasteiger partial charge in [0.25, 0.3) is 0 Å². The van der Waals surface area contributed by atoms with Gasteiger partial charge in [-0.1, -0.05) is 24.3 Å². The van der Waals surface area contributed by atoms with E-state index in [2.05, 4.69) is 41.6 Å². The highest BCUT2D eigenvalue weighted by atomic mass is 32.1. The van der Waals surface area contributed by atoms with E-state index in [0.717, 1.165) is 5.69 Å². The second kappa shape index (κ2) is 7.04. The number of hydrogen-bond donors (Lipinski definition) is 2. The third-order valence-electron chi connectivity index (χ3n) is 3.21. The Morgan fingerprint density at radius 2 is 2.00 bits per heavy atom. The van der Waals surface area contributed by atoms with E-state index in [1.54, 1.807) is 19.4 Å². The van der Waals surface area contributed by atoms with Crippen molar-refractivity contribution in [1.82, 2.24) is 10.3 Å². The first kappa shape index (κ1) is 15.3. The van der Waals surface area contributed by atoms with Gasteiger partial charge in [0.1, 0.15) is 0 Å². The van der Waals surface area contributed by atoms with Crippen molar-refractivity contribution in [2.45, 2.75) is 19.9 Å². The second-order valence-corrected chi connectivity index (χ2v) is 5.17. The summed E-state index contributed by atoms with van der Waals surface area (Å²) >= 11 is 5.34. The Hall–Kier alpha value is -2.14. The quantitative estimate of drug-likeness (QED) is 0.847. The van der Waals surface area contributed by atoms with E-state index in [4.69, 9.17) is 17.0 Å². The lowest BCUT2D eigenvalue weighted by molar-refractivity contribution is 0.398. The predicted octanol–water partition coefficient (Wildman–Crippen LogP) is 3.45. The van der Waals surface area contributed by atoms with Crippen LogP contribution in [0.15, 0.2) is 42.6 Å². The Bertz CT molecular complexity index is 613. The highest BCUT2D eigenvalue weighted by molar-refractivity contribution is 7.80. The summed E-state index contributed by atoms with van der Waals surface area (Å²) in [4.78, 5) is 4.13. The first-order valence-corrected chi connectivity index (χ1v) is 7.14. The number of ether oxygens (including phenoxy) is 1. The molecule has 0 fully saturated rings. The number of methoxy groups -OCH3 is 1. The fraction of sp³-hybridized carbons (Fsp3) is 0.250. The van der Waals surface area contributed by atoms with Crippen LogP contribution >= 0.6 is 12.2 Å². The summed E-state index contributed by atoms with van der Waals surface area (Å²) in [5, 5.41) is 6.96. The van der Waals surface area contributed by atoms with Crippen molar-refractivity contribution in [2.75, 3.05) is 12.4 Å². The summed E-state index contributed by atoms with van der Waals surface area (Å²) in [6.45, 7) is 4.18. The van der Waals surface area contributed by atoms with Crippen LogP contribution in [0.4, 0.5) is 5.69 Å². The number of pyridine rings is 1. The summed E-state index contributed by atoms with van der Waals surface area (Å²) in [5.41, 5.74) is 3.30. The third kappa shape index (κ3) is 4.16. The number of anilines is 1. The van der Waals surface area contributed by atoms with E-state index in [-0.39, 0.29) is 6.04 Å². The summed E-state index contributed by atoms with van der Waals surface area (Å²) < 4.78 is 5.02. The first-order chi connectivity index (χ1) is 10.1. The highest BCUT2D eigenvalue weighted by Crippen LogP contribution is 2.17. The molecule has 21 heavy (non-hydrogen) atoms. The molecule has 0 bridgehead atoms. The van der Waals surface area contributed by atoms with Gasteiger partial charge in [0.15, 0.2) is 5.11 Å². The minimum absolute atomic E-state index is 0.136. The Kier molecular flexibility index (Phi) is 5.11. The standard InChI is InChI=1S/C16H19N3OS/c1-11-6-4-5-7-14(11)12(2)18-16(21)19-13-8-9-15(20-3)17-10-13/h4-10,12H,1-3H3,(H2,18,19,21)/t12-/m0/s1. The average molecular weight is 301 g/mol. The molecule has 1 atom stereocenters. The SMILES string of the molecule is COc1ccc(NC(=S)N[C@@H](C)c2ccccc2C)cn1. The predicted molar refractivity (Wildman–Crippen MR) is 89.7 cm³/mol. The lowest BCUT2D eigenvalue weighted by Crippen LogP contribution is -2.31. The number of benzene rings is 1. The van der Waals surface area contributed by atoms with Gasteiger partial charge >= 0.3 is 0 Å². The van der Waals surface area contributed by atoms with Crippen LogP contribution in [0.1, 0.15) is 24.1 Å². The summed E-state index contributed by atoms with van der Waals surface area (Å²) in [7, 11) is 1.59. The molecule has 1 aromatic heterocycles. The second-order valence-electron chi connectivity index (χ2n) is 4.77. The van der Waals surface area contributed by atoms with Crippen molar-refractivity contribution in [3.05, 3.63) is 53.7 Å². The molecule has 1 aromatic carbocycles. The van der Waals surface area contributed by atoms with E-state index in [0.29, 0.717) is 11.0 Å². The van der Waals surface area contributed by atoms with Crippen molar-refractivity contribution in [3.8, 4) is 5.88 Å². The van der Waals surface area contributed by atoms with Crippen molar-refractivity contribution >= 4 is 23.0 Å². The van der Waals surface area contributed by atoms with Gasteiger partial charge in [0.2, 0.25) is 5.88 Å². The fourth-order valence-corrected chi connectivity index (χ4v) is 2.38. The van der Waals surface area contributed by atoms with Gasteiger partial charge < -0.3 is 15.4 Å². The molecule has 110 valence electrons. The number of nitrogens with zero attached hydrogens (tertiary/aromatic N) is 1. The summed E-state index contributed by atoms with van der Waals surface area (Å²) in [5.74, 6) is 0.577. The van der Waals surface area contributed by atoms with Crippen LogP contribution in [0, 0.1) is 6.92 Å². The molecule has 0 amide bonds. The molecule has 0 spiro atoms. The van der Waals surface area contributed by atoms with Gasteiger partial charge in [-0.3, -0.25) is 0 Å². The van der Waals surface area contributed by atoms with Crippen LogP contribution in [0.25, 0.3) is 0 Å². The summed E-state index contributed by atoms with van der Waals surface area (Å²) in [6, 6.07) is 12.1. The van der Waals surface area contributed by atoms with Gasteiger partial charge in [0, 0.05) is 6.07 Å². The van der Waals surface area contributed by atoms with Gasteiger partial charge in [-0.2, -0.15) is 0 Å². The van der Waals surface area contributed by atoms with Gasteiger partial charge in [0.05, 0.1) is 25.0 Å². The van der Waals surface area contributed by atoms with E-state index in [9.17, 15) is 0 Å². The molecule has 0 saturated carbocycles. The molecule has 4 nitrogen and oxygen atoms in total. The molecule has 0 radical (unpaired) electrons. The Balaban J connectivity index is 1.96. The monoisotopic (exact) mass is 301 g/mol. The van der Waals surface area contributed by atoms with Crippen LogP contribution in [0.2, 0.25) is 0 Å². The fourth-order valence-electron chi connectivity index (χ4n) is 2.09. The maximum absolute atomic E-state index is 5.34. The topological polar surface area (TPSA) is 46.2 Å². The summed E-state index contributed by atoms with van der Waals surface area (Å²) in [6.07, 6.45) is 1.69. The van der Waals surface area contributed by atoms with Crippen LogP contribution < -0.4 is 15.4 Å². The molecule has 0 aliphatic rings. The van der Waals surface area contributed by atoms with Gasteiger partial charge in [-0.05, 0) is 43.3 Å². The van der Waals surface area contributed by atoms with Crippen molar-refractivity contribution < 1.29 is 4.74 Å². The van der Waals surface area contributed by atoms with E-state index in [1.165, 1.54) is 11.1 Å². The maximum atomic E-state index is 5.34. The average Bonchev–Trinajstić information content (AvgIpc) is 2.48. The zero-order valence-corrected chi connectivity index (χ0v) is 13.2. The zero-order valence-electron chi connectivity index (χ0n) is 12.4. The Morgan fingerprint density at radius 1 is 1.24 bits per heavy atom. The van der Waals surface area contributed by atoms with Crippen molar-refractivity contribution in [1.29, 1.82) is 0 Å². The number of aromatic nitrogens is 1. The number of aryl methyl sites for hydroxylation is 1. The third-order valence-corrected chi connectivity index (χ3v) is 3.43. The minimum atomic E-state index is 0.136. The number of thiocarbonyl (C=S) groups is 1. The molecule has 0 saturated heterocycles. The van der Waals surface area contributed by atoms with E-state index >= 15 is 0 Å². The number of hydrogen-bond acceptors (Lipinski definition) is 3. The molecular weight excluding hydrogens is 282 g/mol. The molecular formula is C16H19N3OS. The zero-order chi connectivity index (χ0) is 15.2. The van der Waals surface area contributed by atoms with E-state index in [1.807, 2.05) is 18.2 Å². The Morgan fingerprint density at radius 3 is 2.62 bits per heavy atom. The van der Waals surface area contributed by atoms with Crippen molar-refractivity contribution in [3.63, 3.8) is 0 Å². The van der Waals surface area contributed by atoms with Gasteiger partial charge in [-0.25, -0.2) is 4.98 Å². The largest absolute Gasteiger partial charge is 0.481 e. The normalized spacial score (nSPS) is 11.6. The molecule has 0 aliphatic carbocycles. The highest BCUT2D eigenvalue weighted by Gasteiger charge is 2.09. The van der Waals surface area contributed by atoms with E-state index < -0.39 is 0 Å². The minimum Gasteiger partial charge on any atom is -0.481 e. The lowest BCUT2D eigenvalue weighted by atomic mass is 10.0. The lowest BCUT2D eigenvalue weighted by Gasteiger charge is -2.19. The van der Waals surface area contributed by atoms with Crippen LogP contribution in [-0.4, -0.2) is 17.2 Å². The molecule has 2 N–H and O–H groups in total. The number of nitrogens with one attached hydrogen (secondary N) is 2. The molecule has 2 rings (SSSR count). The smallest absolute Gasteiger partial charge is 0.213 e. The number of rotatable bonds is 4. The molecule has 1 heterocycles. The molecule has 0 aliphatic heterocycles. The van der Waals surface area contributed by atoms with Gasteiger partial charge in [-0.15, -0.1) is 0 Å². The van der Waals surface area contributed by atoms with Crippen LogP contribution in [0.3, 0.4) is 0 Å². The first-order valence-electron chi connectivity index (χ1n) is 6.73. The van der Waals surface area contributed by atoms with Crippen LogP contribution in [-0.2, 0) is 0 Å². The Labute approximate surface area is 130 Å². The van der Waals surface area contributed by atoms with Crippen LogP contribution in [0.5, 0.6) is 5.88 Å². The molecule has 2 aromatic rings.